The van der Waals surface area contributed by atoms with E-state index in [1.165, 1.54) is 10.7 Å². The zero-order valence-corrected chi connectivity index (χ0v) is 24.8. The molecule has 3 N–H and O–H groups in total. The number of alkyl halides is 2. The first-order chi connectivity index (χ1) is 20.9. The Kier molecular flexibility index (Phi) is 10.9. The average Bonchev–Trinajstić information content (AvgIpc) is 3.64. The van der Waals surface area contributed by atoms with Crippen LogP contribution >= 0.6 is 0 Å². The number of halogens is 2. The van der Waals surface area contributed by atoms with E-state index in [1.54, 1.807) is 17.1 Å². The summed E-state index contributed by atoms with van der Waals surface area (Å²) in [5.41, 5.74) is 5.63. The number of morpholine rings is 1. The maximum atomic E-state index is 14.0. The molecule has 0 aromatic carbocycles. The number of nitrogens with zero attached hydrogens (tertiary/aromatic N) is 7. The minimum absolute atomic E-state index is 0.00961. The van der Waals surface area contributed by atoms with E-state index in [-0.39, 0.29) is 17.3 Å². The number of fused-ring (bicyclic) bond motifs is 1. The van der Waals surface area contributed by atoms with Gasteiger partial charge in [-0.05, 0) is 64.1 Å². The van der Waals surface area contributed by atoms with Crippen LogP contribution in [0.4, 0.5) is 20.3 Å². The molecule has 1 aliphatic heterocycles. The van der Waals surface area contributed by atoms with Crippen molar-refractivity contribution in [2.45, 2.75) is 51.0 Å². The van der Waals surface area contributed by atoms with E-state index in [9.17, 15) is 13.6 Å². The second kappa shape index (κ2) is 15.0. The summed E-state index contributed by atoms with van der Waals surface area (Å²) in [4.78, 5) is 22.3. The summed E-state index contributed by atoms with van der Waals surface area (Å²) in [7, 11) is 2.13. The minimum atomic E-state index is -2.82. The van der Waals surface area contributed by atoms with Crippen molar-refractivity contribution >= 4 is 23.1 Å². The number of hydrogen-bond acceptors (Lipinski definition) is 9. The summed E-state index contributed by atoms with van der Waals surface area (Å²) in [5.74, 6) is 0.703. The molecule has 14 heteroatoms. The molecule has 12 nitrogen and oxygen atoms in total. The van der Waals surface area contributed by atoms with E-state index < -0.39 is 18.0 Å². The molecule has 236 valence electrons. The maximum absolute atomic E-state index is 14.0. The molecule has 1 saturated heterocycles. The standard InChI is InChI=1S/C29H43F2N9O3/c1-37(10-3-15-42-14-2-9-32)19-21-4-6-22(7-5-21)40-20-24(26(36-40)27(30)31)34-29(41)23-18-33-39-11-8-25(35-28(23)39)38-12-16-43-17-13-38/h8,11,18,20-22,27H,2-7,9-10,12-17,19,32H2,1H3,(H,34,41)/t21-,22-. The van der Waals surface area contributed by atoms with Gasteiger partial charge < -0.3 is 30.3 Å². The maximum Gasteiger partial charge on any atom is 0.284 e. The molecule has 0 unspecified atom stereocenters. The van der Waals surface area contributed by atoms with Crippen LogP contribution in [0.5, 0.6) is 0 Å². The lowest BCUT2D eigenvalue weighted by atomic mass is 9.86. The molecule has 2 aliphatic rings. The fraction of sp³-hybridized carbons (Fsp3) is 0.655. The molecule has 1 aliphatic carbocycles. The lowest BCUT2D eigenvalue weighted by Gasteiger charge is -2.31. The van der Waals surface area contributed by atoms with Gasteiger partial charge in [0.1, 0.15) is 11.4 Å². The van der Waals surface area contributed by atoms with E-state index in [1.807, 2.05) is 6.07 Å². The van der Waals surface area contributed by atoms with Gasteiger partial charge in [-0.1, -0.05) is 0 Å². The van der Waals surface area contributed by atoms with Crippen LogP contribution in [0.3, 0.4) is 0 Å². The van der Waals surface area contributed by atoms with Crippen molar-refractivity contribution in [3.05, 3.63) is 35.9 Å². The molecule has 0 spiro atoms. The van der Waals surface area contributed by atoms with Gasteiger partial charge in [-0.3, -0.25) is 9.48 Å². The van der Waals surface area contributed by atoms with Crippen LogP contribution in [0.2, 0.25) is 0 Å². The van der Waals surface area contributed by atoms with Gasteiger partial charge in [-0.25, -0.2) is 18.3 Å². The van der Waals surface area contributed by atoms with E-state index in [2.05, 4.69) is 37.3 Å². The quantitative estimate of drug-likeness (QED) is 0.267. The second-order valence-electron chi connectivity index (χ2n) is 11.4. The van der Waals surface area contributed by atoms with Crippen molar-refractivity contribution in [3.8, 4) is 0 Å². The van der Waals surface area contributed by atoms with E-state index in [0.717, 1.165) is 58.2 Å². The number of rotatable bonds is 14. The highest BCUT2D eigenvalue weighted by Gasteiger charge is 2.28. The fourth-order valence-electron chi connectivity index (χ4n) is 5.88. The van der Waals surface area contributed by atoms with Crippen LogP contribution in [-0.4, -0.2) is 101 Å². The third-order valence-corrected chi connectivity index (χ3v) is 8.23. The minimum Gasteiger partial charge on any atom is -0.381 e. The van der Waals surface area contributed by atoms with Crippen molar-refractivity contribution in [2.24, 2.45) is 11.7 Å². The Morgan fingerprint density at radius 3 is 2.72 bits per heavy atom. The largest absolute Gasteiger partial charge is 0.381 e. The van der Waals surface area contributed by atoms with Crippen LogP contribution < -0.4 is 16.0 Å². The number of ether oxygens (including phenoxy) is 2. The number of carbonyl (C=O) groups excluding carboxylic acids is 1. The first kappa shape index (κ1) is 31.2. The van der Waals surface area contributed by atoms with Crippen LogP contribution in [0.1, 0.15) is 67.0 Å². The van der Waals surface area contributed by atoms with Crippen LogP contribution in [0, 0.1) is 5.92 Å². The molecule has 4 heterocycles. The van der Waals surface area contributed by atoms with Crippen molar-refractivity contribution in [2.75, 3.05) is 76.4 Å². The topological polar surface area (TPSA) is 128 Å². The Morgan fingerprint density at radius 2 is 1.98 bits per heavy atom. The average molecular weight is 604 g/mol. The van der Waals surface area contributed by atoms with Gasteiger partial charge in [0.05, 0.1) is 31.1 Å². The molecule has 5 rings (SSSR count). The zero-order valence-electron chi connectivity index (χ0n) is 24.8. The summed E-state index contributed by atoms with van der Waals surface area (Å²) < 4.78 is 42.1. The smallest absolute Gasteiger partial charge is 0.284 e. The molecular weight excluding hydrogens is 560 g/mol. The molecular formula is C29H43F2N9O3. The highest BCUT2D eigenvalue weighted by atomic mass is 19.3. The highest BCUT2D eigenvalue weighted by Crippen LogP contribution is 2.35. The lowest BCUT2D eigenvalue weighted by Crippen LogP contribution is -2.36. The van der Waals surface area contributed by atoms with Crippen molar-refractivity contribution in [1.82, 2.24) is 29.3 Å². The van der Waals surface area contributed by atoms with Crippen LogP contribution in [-0.2, 0) is 9.47 Å². The van der Waals surface area contributed by atoms with E-state index in [4.69, 9.17) is 15.2 Å². The second-order valence-corrected chi connectivity index (χ2v) is 11.4. The Balaban J connectivity index is 1.18. The summed E-state index contributed by atoms with van der Waals surface area (Å²) in [6.45, 7) is 6.67. The third-order valence-electron chi connectivity index (χ3n) is 8.23. The van der Waals surface area contributed by atoms with Gasteiger partial charge in [-0.2, -0.15) is 10.2 Å². The van der Waals surface area contributed by atoms with E-state index >= 15 is 0 Å². The van der Waals surface area contributed by atoms with Crippen molar-refractivity contribution < 1.29 is 23.0 Å². The van der Waals surface area contributed by atoms with Gasteiger partial charge in [0.2, 0.25) is 0 Å². The van der Waals surface area contributed by atoms with Crippen LogP contribution in [0.15, 0.2) is 24.7 Å². The molecule has 43 heavy (non-hydrogen) atoms. The van der Waals surface area contributed by atoms with E-state index in [0.29, 0.717) is 56.8 Å². The Bertz CT molecular complexity index is 1320. The number of nitrogens with one attached hydrogen (secondary N) is 1. The first-order valence-electron chi connectivity index (χ1n) is 15.2. The number of aromatic nitrogens is 5. The van der Waals surface area contributed by atoms with Crippen LogP contribution in [0.25, 0.3) is 5.65 Å². The molecule has 3 aromatic rings. The molecule has 1 saturated carbocycles. The lowest BCUT2D eigenvalue weighted by molar-refractivity contribution is 0.102. The van der Waals surface area contributed by atoms with Crippen molar-refractivity contribution in [3.63, 3.8) is 0 Å². The summed E-state index contributed by atoms with van der Waals surface area (Å²) in [6.07, 6.45) is 7.41. The Morgan fingerprint density at radius 1 is 1.21 bits per heavy atom. The number of nitrogens with two attached hydrogens (primary N) is 1. The predicted molar refractivity (Wildman–Crippen MR) is 159 cm³/mol. The number of amides is 1. The Labute approximate surface area is 250 Å². The third kappa shape index (κ3) is 8.05. The number of hydrogen-bond donors (Lipinski definition) is 2. The molecule has 1 amide bonds. The van der Waals surface area contributed by atoms with Gasteiger partial charge in [0.15, 0.2) is 11.3 Å². The highest BCUT2D eigenvalue weighted by molar-refractivity contribution is 6.08. The van der Waals surface area contributed by atoms with Gasteiger partial charge in [0.25, 0.3) is 12.3 Å². The normalized spacial score (nSPS) is 19.5. The number of carbonyl (C=O) groups is 1. The molecule has 3 aromatic heterocycles. The zero-order chi connectivity index (χ0) is 30.2. The molecule has 0 bridgehead atoms. The Hall–Kier alpha value is -3.20. The summed E-state index contributed by atoms with van der Waals surface area (Å²) >= 11 is 0. The SMILES string of the molecule is CN(CCCOCCCN)C[C@H]1CC[C@H](n2cc(NC(=O)c3cnn4ccc(N5CCOCC5)nc34)c(C(F)F)n2)CC1. The molecule has 2 fully saturated rings. The summed E-state index contributed by atoms with van der Waals surface area (Å²) in [6, 6.07) is 1.84. The van der Waals surface area contributed by atoms with Gasteiger partial charge in [-0.15, -0.1) is 0 Å². The molecule has 0 atom stereocenters. The number of anilines is 2. The monoisotopic (exact) mass is 603 g/mol. The summed E-state index contributed by atoms with van der Waals surface area (Å²) in [5, 5.41) is 11.1. The van der Waals surface area contributed by atoms with Gasteiger partial charge in [0, 0.05) is 51.8 Å². The fourth-order valence-corrected chi connectivity index (χ4v) is 5.88. The first-order valence-corrected chi connectivity index (χ1v) is 15.2. The van der Waals surface area contributed by atoms with Crippen molar-refractivity contribution in [1.29, 1.82) is 0 Å². The molecule has 0 radical (unpaired) electrons. The predicted octanol–water partition coefficient (Wildman–Crippen LogP) is 3.37. The van der Waals surface area contributed by atoms with Gasteiger partial charge >= 0.3 is 0 Å².